The Morgan fingerprint density at radius 1 is 1.10 bits per heavy atom. The summed E-state index contributed by atoms with van der Waals surface area (Å²) in [5.74, 6) is 3.47. The van der Waals surface area contributed by atoms with Gasteiger partial charge >= 0.3 is 0 Å². The van der Waals surface area contributed by atoms with E-state index in [0.717, 1.165) is 24.2 Å². The summed E-state index contributed by atoms with van der Waals surface area (Å²) in [7, 11) is 0. The van der Waals surface area contributed by atoms with E-state index in [-0.39, 0.29) is 11.8 Å². The molecule has 5 atom stereocenters. The van der Waals surface area contributed by atoms with E-state index in [9.17, 15) is 4.79 Å². The lowest BCUT2D eigenvalue weighted by molar-refractivity contribution is -0.121. The molecule has 3 saturated carbocycles. The van der Waals surface area contributed by atoms with Crippen LogP contribution in [0.2, 0.25) is 10.0 Å². The zero-order chi connectivity index (χ0) is 14.6. The first-order valence-corrected chi connectivity index (χ1v) is 8.63. The minimum atomic E-state index is 0.150. The Kier molecular flexibility index (Phi) is 3.42. The molecule has 2 bridgehead atoms. The molecule has 112 valence electrons. The zero-order valence-corrected chi connectivity index (χ0v) is 13.3. The molecule has 2 nitrogen and oxygen atoms in total. The third-order valence-corrected chi connectivity index (χ3v) is 6.45. The number of halogens is 2. The van der Waals surface area contributed by atoms with Crippen molar-refractivity contribution in [2.45, 2.75) is 32.1 Å². The van der Waals surface area contributed by atoms with Crippen molar-refractivity contribution in [2.75, 3.05) is 5.32 Å². The van der Waals surface area contributed by atoms with Crippen molar-refractivity contribution in [1.82, 2.24) is 0 Å². The molecule has 0 heterocycles. The summed E-state index contributed by atoms with van der Waals surface area (Å²) in [5, 5.41) is 4.12. The predicted octanol–water partition coefficient (Wildman–Crippen LogP) is 5.00. The maximum atomic E-state index is 12.7. The van der Waals surface area contributed by atoms with Gasteiger partial charge in [-0.05, 0) is 67.6 Å². The quantitative estimate of drug-likeness (QED) is 0.814. The number of hydrogen-bond acceptors (Lipinski definition) is 1. The number of anilines is 1. The number of fused-ring (bicyclic) bond motifs is 1. The highest BCUT2D eigenvalue weighted by molar-refractivity contribution is 6.36. The predicted molar refractivity (Wildman–Crippen MR) is 85.6 cm³/mol. The van der Waals surface area contributed by atoms with Crippen LogP contribution in [0.25, 0.3) is 0 Å². The summed E-state index contributed by atoms with van der Waals surface area (Å²) in [6.07, 6.45) is 6.34. The van der Waals surface area contributed by atoms with Gasteiger partial charge in [0.15, 0.2) is 0 Å². The molecule has 3 fully saturated rings. The maximum absolute atomic E-state index is 12.7. The van der Waals surface area contributed by atoms with E-state index in [1.54, 1.807) is 18.2 Å². The number of rotatable bonds is 2. The molecule has 0 aromatic heterocycles. The first-order valence-electron chi connectivity index (χ1n) is 7.87. The Hall–Kier alpha value is -0.730. The van der Waals surface area contributed by atoms with Crippen LogP contribution in [0.15, 0.2) is 18.2 Å². The summed E-state index contributed by atoms with van der Waals surface area (Å²) in [6.45, 7) is 0. The van der Waals surface area contributed by atoms with Gasteiger partial charge in [0.1, 0.15) is 0 Å². The lowest BCUT2D eigenvalue weighted by Gasteiger charge is -2.29. The third-order valence-electron chi connectivity index (χ3n) is 5.90. The van der Waals surface area contributed by atoms with E-state index in [2.05, 4.69) is 5.32 Å². The second kappa shape index (κ2) is 5.17. The van der Waals surface area contributed by atoms with Gasteiger partial charge in [-0.25, -0.2) is 0 Å². The highest BCUT2D eigenvalue weighted by Crippen LogP contribution is 2.59. The minimum Gasteiger partial charge on any atom is -0.325 e. The molecule has 21 heavy (non-hydrogen) atoms. The molecule has 0 saturated heterocycles. The van der Waals surface area contributed by atoms with Crippen molar-refractivity contribution >= 4 is 34.8 Å². The molecule has 4 heteroatoms. The van der Waals surface area contributed by atoms with Crippen LogP contribution in [0, 0.1) is 29.6 Å². The van der Waals surface area contributed by atoms with E-state index in [1.807, 2.05) is 0 Å². The van der Waals surface area contributed by atoms with Gasteiger partial charge in [-0.1, -0.05) is 29.6 Å². The van der Waals surface area contributed by atoms with Gasteiger partial charge < -0.3 is 5.32 Å². The van der Waals surface area contributed by atoms with Gasteiger partial charge in [-0.15, -0.1) is 0 Å². The van der Waals surface area contributed by atoms with E-state index in [4.69, 9.17) is 23.2 Å². The van der Waals surface area contributed by atoms with Crippen LogP contribution in [0.3, 0.4) is 0 Å². The summed E-state index contributed by atoms with van der Waals surface area (Å²) in [6, 6.07) is 5.22. The Bertz CT molecular complexity index is 586. The van der Waals surface area contributed by atoms with E-state index >= 15 is 0 Å². The maximum Gasteiger partial charge on any atom is 0.227 e. The molecule has 3 aliphatic rings. The average molecular weight is 324 g/mol. The molecule has 3 aliphatic carbocycles. The molecule has 1 aromatic rings. The lowest BCUT2D eigenvalue weighted by Crippen LogP contribution is -2.30. The highest BCUT2D eigenvalue weighted by atomic mass is 35.5. The summed E-state index contributed by atoms with van der Waals surface area (Å²) in [4.78, 5) is 12.7. The van der Waals surface area contributed by atoms with Gasteiger partial charge in [0, 0.05) is 10.9 Å². The number of carbonyl (C=O) groups is 1. The molecule has 1 aromatic carbocycles. The first kappa shape index (κ1) is 13.9. The van der Waals surface area contributed by atoms with Crippen molar-refractivity contribution in [3.8, 4) is 0 Å². The SMILES string of the molecule is O=C(Nc1ccc(Cl)cc1Cl)[C@@H]1C[C@H]2C[C@H]3CC[C@@H]1[C@H]2C3. The number of nitrogens with one attached hydrogen (secondary N) is 1. The number of amides is 1. The Labute approximate surface area is 135 Å². The lowest BCUT2D eigenvalue weighted by atomic mass is 9.76. The van der Waals surface area contributed by atoms with Crippen LogP contribution >= 0.6 is 23.2 Å². The normalized spacial score (nSPS) is 36.8. The van der Waals surface area contributed by atoms with Crippen LogP contribution in [0.5, 0.6) is 0 Å². The molecule has 4 rings (SSSR count). The summed E-state index contributed by atoms with van der Waals surface area (Å²) >= 11 is 12.1. The molecular formula is C17H19Cl2NO. The van der Waals surface area contributed by atoms with Crippen LogP contribution in [-0.2, 0) is 4.79 Å². The van der Waals surface area contributed by atoms with Crippen LogP contribution in [0.4, 0.5) is 5.69 Å². The monoisotopic (exact) mass is 323 g/mol. The summed E-state index contributed by atoms with van der Waals surface area (Å²) in [5.41, 5.74) is 0.678. The van der Waals surface area contributed by atoms with Gasteiger partial charge in [0.05, 0.1) is 10.7 Å². The largest absolute Gasteiger partial charge is 0.325 e. The number of benzene rings is 1. The number of carbonyl (C=O) groups excluding carboxylic acids is 1. The van der Waals surface area contributed by atoms with Crippen LogP contribution < -0.4 is 5.32 Å². The van der Waals surface area contributed by atoms with E-state index in [0.29, 0.717) is 21.7 Å². The highest BCUT2D eigenvalue weighted by Gasteiger charge is 2.52. The molecule has 0 spiro atoms. The molecule has 1 N–H and O–H groups in total. The second-order valence-electron chi connectivity index (χ2n) is 6.96. The molecule has 0 radical (unpaired) electrons. The van der Waals surface area contributed by atoms with Crippen LogP contribution in [0.1, 0.15) is 32.1 Å². The standard InChI is InChI=1S/C17H19Cl2NO/c18-11-2-4-16(15(19)8-11)20-17(21)14-7-10-5-9-1-3-12(14)13(10)6-9/h2,4,8-10,12-14H,1,3,5-7H2,(H,20,21)/t9-,10-,12-,13+,14-/m1/s1. The molecule has 0 unspecified atom stereocenters. The van der Waals surface area contributed by atoms with Gasteiger partial charge in [0.2, 0.25) is 5.91 Å². The van der Waals surface area contributed by atoms with Gasteiger partial charge in [0.25, 0.3) is 0 Å². The summed E-state index contributed by atoms with van der Waals surface area (Å²) < 4.78 is 0. The van der Waals surface area contributed by atoms with E-state index < -0.39 is 0 Å². The zero-order valence-electron chi connectivity index (χ0n) is 11.8. The molecule has 0 aliphatic heterocycles. The fraction of sp³-hybridized carbons (Fsp3) is 0.588. The third kappa shape index (κ3) is 2.37. The molecule has 1 amide bonds. The fourth-order valence-corrected chi connectivity index (χ4v) is 5.52. The van der Waals surface area contributed by atoms with Crippen LogP contribution in [-0.4, -0.2) is 5.91 Å². The van der Waals surface area contributed by atoms with Gasteiger partial charge in [-0.3, -0.25) is 4.79 Å². The van der Waals surface area contributed by atoms with Crippen molar-refractivity contribution < 1.29 is 4.79 Å². The topological polar surface area (TPSA) is 29.1 Å². The smallest absolute Gasteiger partial charge is 0.227 e. The minimum absolute atomic E-state index is 0.150. The van der Waals surface area contributed by atoms with Gasteiger partial charge in [-0.2, -0.15) is 0 Å². The number of hydrogen-bond donors (Lipinski definition) is 1. The molecular weight excluding hydrogens is 305 g/mol. The van der Waals surface area contributed by atoms with E-state index in [1.165, 1.54) is 25.7 Å². The van der Waals surface area contributed by atoms with Crippen molar-refractivity contribution in [1.29, 1.82) is 0 Å². The second-order valence-corrected chi connectivity index (χ2v) is 7.80. The Morgan fingerprint density at radius 3 is 2.76 bits per heavy atom. The fourth-order valence-electron chi connectivity index (χ4n) is 5.07. The van der Waals surface area contributed by atoms with Crippen molar-refractivity contribution in [3.05, 3.63) is 28.2 Å². The Morgan fingerprint density at radius 2 is 1.95 bits per heavy atom. The average Bonchev–Trinajstić information content (AvgIpc) is 2.93. The first-order chi connectivity index (χ1) is 10.1. The van der Waals surface area contributed by atoms with Crippen molar-refractivity contribution in [2.24, 2.45) is 29.6 Å². The van der Waals surface area contributed by atoms with Crippen molar-refractivity contribution in [3.63, 3.8) is 0 Å². The Balaban J connectivity index is 1.50.